The molecule has 7 heteroatoms. The van der Waals surface area contributed by atoms with E-state index in [1.54, 1.807) is 0 Å². The van der Waals surface area contributed by atoms with Gasteiger partial charge in [-0.1, -0.05) is 0 Å². The van der Waals surface area contributed by atoms with Crippen LogP contribution in [-0.4, -0.2) is 17.9 Å². The van der Waals surface area contributed by atoms with Gasteiger partial charge in [0.05, 0.1) is 17.7 Å². The third kappa shape index (κ3) is 2.19. The number of hydrogen-bond donors (Lipinski definition) is 2. The Kier molecular flexibility index (Phi) is 3.29. The number of carbonyl (C=O) groups is 1. The Labute approximate surface area is 91.3 Å². The molecular formula is C9H11N3O4. The zero-order valence-electron chi connectivity index (χ0n) is 8.81. The smallest absolute Gasteiger partial charge is 0.335 e. The van der Waals surface area contributed by atoms with Crippen LogP contribution in [0.15, 0.2) is 12.1 Å². The summed E-state index contributed by atoms with van der Waals surface area (Å²) in [6.45, 7) is 1.29. The van der Waals surface area contributed by atoms with Crippen LogP contribution in [0.25, 0.3) is 0 Å². The van der Waals surface area contributed by atoms with Gasteiger partial charge in [-0.2, -0.15) is 0 Å². The normalized spacial score (nSPS) is 9.62. The molecule has 0 saturated carbocycles. The van der Waals surface area contributed by atoms with Crippen molar-refractivity contribution in [2.75, 3.05) is 18.2 Å². The zero-order valence-corrected chi connectivity index (χ0v) is 8.81. The highest BCUT2D eigenvalue weighted by atomic mass is 16.6. The van der Waals surface area contributed by atoms with Gasteiger partial charge in [-0.3, -0.25) is 14.9 Å². The number of nitrogens with one attached hydrogen (secondary N) is 1. The third-order valence-electron chi connectivity index (χ3n) is 1.89. The summed E-state index contributed by atoms with van der Waals surface area (Å²) in [5.74, 6) is -0.303. The van der Waals surface area contributed by atoms with Crippen molar-refractivity contribution in [1.29, 1.82) is 0 Å². The summed E-state index contributed by atoms with van der Waals surface area (Å²) in [6.07, 6.45) is 0. The predicted octanol–water partition coefficient (Wildman–Crippen LogP) is 1.14. The fourth-order valence-corrected chi connectivity index (χ4v) is 1.24. The van der Waals surface area contributed by atoms with Crippen molar-refractivity contribution in [2.45, 2.75) is 6.92 Å². The molecule has 0 saturated heterocycles. The Morgan fingerprint density at radius 1 is 1.56 bits per heavy atom. The van der Waals surface area contributed by atoms with E-state index in [2.05, 4.69) is 5.32 Å². The van der Waals surface area contributed by atoms with Crippen molar-refractivity contribution in [3.63, 3.8) is 0 Å². The van der Waals surface area contributed by atoms with Gasteiger partial charge in [-0.05, 0) is 12.1 Å². The molecule has 1 aromatic rings. The van der Waals surface area contributed by atoms with Crippen LogP contribution < -0.4 is 15.8 Å². The van der Waals surface area contributed by atoms with Crippen LogP contribution in [-0.2, 0) is 4.79 Å². The molecule has 0 atom stereocenters. The summed E-state index contributed by atoms with van der Waals surface area (Å²) in [5.41, 5.74) is 5.29. The molecule has 0 fully saturated rings. The molecule has 0 spiro atoms. The Morgan fingerprint density at radius 3 is 2.62 bits per heavy atom. The molecule has 16 heavy (non-hydrogen) atoms. The first kappa shape index (κ1) is 11.8. The molecule has 1 amide bonds. The van der Waals surface area contributed by atoms with Crippen LogP contribution in [0.3, 0.4) is 0 Å². The monoisotopic (exact) mass is 225 g/mol. The summed E-state index contributed by atoms with van der Waals surface area (Å²) in [5, 5.41) is 13.2. The maximum absolute atomic E-state index is 10.8. The number of nitrogens with two attached hydrogens (primary N) is 1. The third-order valence-corrected chi connectivity index (χ3v) is 1.89. The van der Waals surface area contributed by atoms with Gasteiger partial charge < -0.3 is 15.8 Å². The quantitative estimate of drug-likeness (QED) is 0.455. The Balaban J connectivity index is 3.31. The lowest BCUT2D eigenvalue weighted by Gasteiger charge is -2.09. The van der Waals surface area contributed by atoms with E-state index in [1.807, 2.05) is 0 Å². The number of rotatable bonds is 3. The van der Waals surface area contributed by atoms with Crippen molar-refractivity contribution in [3.05, 3.63) is 22.2 Å². The zero-order chi connectivity index (χ0) is 12.3. The molecule has 0 radical (unpaired) electrons. The second-order valence-electron chi connectivity index (χ2n) is 3.02. The minimum absolute atomic E-state index is 0.0524. The Bertz CT molecular complexity index is 445. The molecular weight excluding hydrogens is 214 g/mol. The number of nitro groups is 1. The standard InChI is InChI=1S/C9H11N3O4/c1-5(13)11-6-3-4-7(16-2)9(8(6)10)12(14)15/h3-4H,10H2,1-2H3,(H,11,13). The van der Waals surface area contributed by atoms with E-state index in [0.717, 1.165) is 0 Å². The van der Waals surface area contributed by atoms with Gasteiger partial charge in [-0.15, -0.1) is 0 Å². The van der Waals surface area contributed by atoms with Crippen molar-refractivity contribution in [1.82, 2.24) is 0 Å². The Morgan fingerprint density at radius 2 is 2.19 bits per heavy atom. The fraction of sp³-hybridized carbons (Fsp3) is 0.222. The van der Waals surface area contributed by atoms with Crippen LogP contribution in [0, 0.1) is 10.1 Å². The number of nitrogen functional groups attached to an aromatic ring is 1. The number of anilines is 2. The van der Waals surface area contributed by atoms with E-state index < -0.39 is 4.92 Å². The topological polar surface area (TPSA) is 107 Å². The number of nitro benzene ring substituents is 1. The number of ether oxygens (including phenoxy) is 1. The van der Waals surface area contributed by atoms with Gasteiger partial charge in [0, 0.05) is 6.92 Å². The molecule has 0 aliphatic carbocycles. The molecule has 3 N–H and O–H groups in total. The maximum atomic E-state index is 10.8. The van der Waals surface area contributed by atoms with Crippen LogP contribution in [0.5, 0.6) is 5.75 Å². The summed E-state index contributed by atoms with van der Waals surface area (Å²) in [4.78, 5) is 21.0. The lowest BCUT2D eigenvalue weighted by atomic mass is 10.2. The molecule has 1 rings (SSSR count). The highest BCUT2D eigenvalue weighted by Gasteiger charge is 2.22. The molecule has 0 aliphatic heterocycles. The number of amides is 1. The number of hydrogen-bond acceptors (Lipinski definition) is 5. The summed E-state index contributed by atoms with van der Waals surface area (Å²) in [6, 6.07) is 2.82. The van der Waals surface area contributed by atoms with Crippen molar-refractivity contribution in [2.24, 2.45) is 0 Å². The fourth-order valence-electron chi connectivity index (χ4n) is 1.24. The van der Waals surface area contributed by atoms with Gasteiger partial charge in [0.1, 0.15) is 5.69 Å². The second-order valence-corrected chi connectivity index (χ2v) is 3.02. The minimum atomic E-state index is -0.653. The van der Waals surface area contributed by atoms with Crippen molar-refractivity contribution in [3.8, 4) is 5.75 Å². The van der Waals surface area contributed by atoms with E-state index in [9.17, 15) is 14.9 Å². The van der Waals surface area contributed by atoms with Crippen LogP contribution in [0.4, 0.5) is 17.1 Å². The van der Waals surface area contributed by atoms with E-state index in [0.29, 0.717) is 0 Å². The highest BCUT2D eigenvalue weighted by molar-refractivity contribution is 5.94. The SMILES string of the molecule is COc1ccc(NC(C)=O)c(N)c1[N+](=O)[O-]. The summed E-state index contributed by atoms with van der Waals surface area (Å²) < 4.78 is 4.81. The average molecular weight is 225 g/mol. The minimum Gasteiger partial charge on any atom is -0.490 e. The lowest BCUT2D eigenvalue weighted by molar-refractivity contribution is -0.384. The summed E-state index contributed by atoms with van der Waals surface area (Å²) in [7, 11) is 1.31. The van der Waals surface area contributed by atoms with E-state index in [4.69, 9.17) is 10.5 Å². The predicted molar refractivity (Wildman–Crippen MR) is 58.4 cm³/mol. The molecule has 7 nitrogen and oxygen atoms in total. The molecule has 1 aromatic carbocycles. The van der Waals surface area contributed by atoms with Crippen LogP contribution >= 0.6 is 0 Å². The maximum Gasteiger partial charge on any atom is 0.335 e. The summed E-state index contributed by atoms with van der Waals surface area (Å²) >= 11 is 0. The molecule has 0 heterocycles. The van der Waals surface area contributed by atoms with Gasteiger partial charge in [0.2, 0.25) is 5.91 Å². The number of methoxy groups -OCH3 is 1. The van der Waals surface area contributed by atoms with E-state index in [-0.39, 0.29) is 28.7 Å². The highest BCUT2D eigenvalue weighted by Crippen LogP contribution is 2.37. The average Bonchev–Trinajstić information content (AvgIpc) is 2.19. The molecule has 0 unspecified atom stereocenters. The largest absolute Gasteiger partial charge is 0.490 e. The lowest BCUT2D eigenvalue weighted by Crippen LogP contribution is -2.09. The van der Waals surface area contributed by atoms with Crippen LogP contribution in [0.2, 0.25) is 0 Å². The second kappa shape index (κ2) is 4.47. The molecule has 86 valence electrons. The van der Waals surface area contributed by atoms with E-state index >= 15 is 0 Å². The first-order valence-electron chi connectivity index (χ1n) is 4.35. The Hall–Kier alpha value is -2.31. The molecule has 0 aromatic heterocycles. The first-order chi connectivity index (χ1) is 7.47. The van der Waals surface area contributed by atoms with Crippen molar-refractivity contribution < 1.29 is 14.5 Å². The molecule has 0 bridgehead atoms. The molecule has 0 aliphatic rings. The van der Waals surface area contributed by atoms with Crippen LogP contribution in [0.1, 0.15) is 6.92 Å². The van der Waals surface area contributed by atoms with Gasteiger partial charge in [0.25, 0.3) is 0 Å². The van der Waals surface area contributed by atoms with E-state index in [1.165, 1.54) is 26.2 Å². The van der Waals surface area contributed by atoms with Gasteiger partial charge in [-0.25, -0.2) is 0 Å². The van der Waals surface area contributed by atoms with Gasteiger partial charge >= 0.3 is 5.69 Å². The van der Waals surface area contributed by atoms with Crippen molar-refractivity contribution >= 4 is 23.0 Å². The first-order valence-corrected chi connectivity index (χ1v) is 4.35. The number of nitrogens with zero attached hydrogens (tertiary/aromatic N) is 1. The number of carbonyl (C=O) groups excluding carboxylic acids is 1. The number of benzene rings is 1. The van der Waals surface area contributed by atoms with Gasteiger partial charge in [0.15, 0.2) is 5.75 Å².